The maximum absolute atomic E-state index is 13.9. The molecule has 19 heavy (non-hydrogen) atoms. The Morgan fingerprint density at radius 2 is 2.26 bits per heavy atom. The van der Waals surface area contributed by atoms with Crippen LogP contribution in [0.3, 0.4) is 0 Å². The van der Waals surface area contributed by atoms with Gasteiger partial charge in [-0.15, -0.1) is 0 Å². The van der Waals surface area contributed by atoms with E-state index in [9.17, 15) is 13.6 Å². The second-order valence-electron chi connectivity index (χ2n) is 4.34. The van der Waals surface area contributed by atoms with Gasteiger partial charge in [0.15, 0.2) is 11.6 Å². The van der Waals surface area contributed by atoms with Crippen molar-refractivity contribution in [1.82, 2.24) is 5.32 Å². The Kier molecular flexibility index (Phi) is 4.05. The number of hydrogen-bond donors (Lipinski definition) is 2. The molecule has 2 unspecified atom stereocenters. The molecule has 1 aliphatic heterocycles. The second kappa shape index (κ2) is 5.42. The zero-order valence-electron chi connectivity index (χ0n) is 10.0. The number of carboxylic acid groups (broad SMARTS) is 1. The summed E-state index contributed by atoms with van der Waals surface area (Å²) in [5.41, 5.74) is 0.296. The monoisotopic (exact) mass is 335 g/mol. The second-order valence-corrected chi connectivity index (χ2v) is 5.13. The number of carbonyl (C=O) groups is 1. The Hall–Kier alpha value is -1.21. The fourth-order valence-corrected chi connectivity index (χ4v) is 2.52. The highest BCUT2D eigenvalue weighted by molar-refractivity contribution is 9.10. The molecule has 0 spiro atoms. The molecule has 7 heteroatoms. The fraction of sp³-hybridized carbons (Fsp3) is 0.417. The quantitative estimate of drug-likeness (QED) is 0.833. The van der Waals surface area contributed by atoms with Crippen molar-refractivity contribution in [3.05, 3.63) is 27.7 Å². The molecule has 1 aromatic rings. The van der Waals surface area contributed by atoms with Gasteiger partial charge >= 0.3 is 5.97 Å². The molecular formula is C12H12BrF2NO3. The number of methoxy groups -OCH3 is 1. The van der Waals surface area contributed by atoms with Crippen LogP contribution in [0.15, 0.2) is 10.5 Å². The summed E-state index contributed by atoms with van der Waals surface area (Å²) in [5, 5.41) is 11.9. The molecule has 1 fully saturated rings. The van der Waals surface area contributed by atoms with Gasteiger partial charge in [-0.2, -0.15) is 0 Å². The Labute approximate surface area is 116 Å². The summed E-state index contributed by atoms with van der Waals surface area (Å²) in [7, 11) is 1.29. The summed E-state index contributed by atoms with van der Waals surface area (Å²) in [4.78, 5) is 10.9. The predicted octanol–water partition coefficient (Wildman–Crippen LogP) is 2.47. The van der Waals surface area contributed by atoms with Crippen LogP contribution in [0.2, 0.25) is 0 Å². The molecule has 0 bridgehead atoms. The molecule has 104 valence electrons. The molecule has 2 N–H and O–H groups in total. The number of ether oxygens (including phenoxy) is 1. The molecule has 2 rings (SSSR count). The molecule has 0 aromatic heterocycles. The minimum absolute atomic E-state index is 0.0724. The van der Waals surface area contributed by atoms with Crippen molar-refractivity contribution in [3.8, 4) is 5.75 Å². The van der Waals surface area contributed by atoms with E-state index in [1.807, 2.05) is 0 Å². The first kappa shape index (κ1) is 14.2. The molecule has 1 aliphatic rings. The normalized spacial score (nSPS) is 22.5. The summed E-state index contributed by atoms with van der Waals surface area (Å²) < 4.78 is 32.1. The number of halogens is 3. The molecule has 2 atom stereocenters. The summed E-state index contributed by atoms with van der Waals surface area (Å²) in [6.07, 6.45) is 0.270. The topological polar surface area (TPSA) is 58.6 Å². The number of nitrogens with one attached hydrogen (secondary N) is 1. The first-order valence-corrected chi connectivity index (χ1v) is 6.42. The lowest BCUT2D eigenvalue weighted by Crippen LogP contribution is -2.17. The first-order valence-electron chi connectivity index (χ1n) is 5.63. The highest BCUT2D eigenvalue weighted by Crippen LogP contribution is 2.38. The molecule has 4 nitrogen and oxygen atoms in total. The smallest absolute Gasteiger partial charge is 0.307 e. The van der Waals surface area contributed by atoms with Crippen LogP contribution in [-0.2, 0) is 4.79 Å². The highest BCUT2D eigenvalue weighted by atomic mass is 79.9. The predicted molar refractivity (Wildman–Crippen MR) is 67.1 cm³/mol. The SMILES string of the molecule is COc1c(C2CC(C(=O)O)CN2)cc(F)c(Br)c1F. The average Bonchev–Trinajstić information content (AvgIpc) is 2.85. The van der Waals surface area contributed by atoms with Crippen LogP contribution in [0, 0.1) is 17.6 Å². The number of carboxylic acids is 1. The van der Waals surface area contributed by atoms with E-state index in [1.54, 1.807) is 0 Å². The number of aliphatic carboxylic acids is 1. The molecule has 1 aromatic carbocycles. The largest absolute Gasteiger partial charge is 0.493 e. The van der Waals surface area contributed by atoms with E-state index in [1.165, 1.54) is 7.11 Å². The third-order valence-electron chi connectivity index (χ3n) is 3.21. The van der Waals surface area contributed by atoms with E-state index >= 15 is 0 Å². The van der Waals surface area contributed by atoms with Gasteiger partial charge in [-0.25, -0.2) is 8.78 Å². The molecule has 0 amide bonds. The third-order valence-corrected chi connectivity index (χ3v) is 3.93. The molecule has 0 saturated carbocycles. The third kappa shape index (κ3) is 2.57. The number of rotatable bonds is 3. The van der Waals surface area contributed by atoms with Crippen LogP contribution < -0.4 is 10.1 Å². The average molecular weight is 336 g/mol. The van der Waals surface area contributed by atoms with Crippen LogP contribution in [0.5, 0.6) is 5.75 Å². The summed E-state index contributed by atoms with van der Waals surface area (Å²) >= 11 is 2.80. The number of benzene rings is 1. The zero-order valence-corrected chi connectivity index (χ0v) is 11.6. The van der Waals surface area contributed by atoms with Gasteiger partial charge in [0.1, 0.15) is 5.82 Å². The summed E-state index contributed by atoms with van der Waals surface area (Å²) in [6.45, 7) is 0.266. The van der Waals surface area contributed by atoms with E-state index in [2.05, 4.69) is 21.2 Å². The van der Waals surface area contributed by atoms with Crippen LogP contribution >= 0.6 is 15.9 Å². The minimum Gasteiger partial charge on any atom is -0.493 e. The van der Waals surface area contributed by atoms with Crippen molar-refractivity contribution >= 4 is 21.9 Å². The Bertz CT molecular complexity index is 524. The van der Waals surface area contributed by atoms with Crippen LogP contribution in [-0.4, -0.2) is 24.7 Å². The van der Waals surface area contributed by atoms with E-state index in [0.29, 0.717) is 5.56 Å². The van der Waals surface area contributed by atoms with E-state index in [4.69, 9.17) is 9.84 Å². The van der Waals surface area contributed by atoms with Gasteiger partial charge in [-0.05, 0) is 28.4 Å². The number of hydrogen-bond acceptors (Lipinski definition) is 3. The lowest BCUT2D eigenvalue weighted by Gasteiger charge is -2.16. The summed E-state index contributed by atoms with van der Waals surface area (Å²) in [5.74, 6) is -3.12. The van der Waals surface area contributed by atoms with Gasteiger partial charge in [-0.3, -0.25) is 4.79 Å². The van der Waals surface area contributed by atoms with Crippen LogP contribution in [0.4, 0.5) is 8.78 Å². The van der Waals surface area contributed by atoms with Crippen molar-refractivity contribution in [2.75, 3.05) is 13.7 Å². The van der Waals surface area contributed by atoms with Gasteiger partial charge in [-0.1, -0.05) is 0 Å². The maximum atomic E-state index is 13.9. The molecular weight excluding hydrogens is 324 g/mol. The maximum Gasteiger partial charge on any atom is 0.307 e. The highest BCUT2D eigenvalue weighted by Gasteiger charge is 2.33. The van der Waals surface area contributed by atoms with Crippen LogP contribution in [0.1, 0.15) is 18.0 Å². The van der Waals surface area contributed by atoms with Crippen LogP contribution in [0.25, 0.3) is 0 Å². The first-order chi connectivity index (χ1) is 8.95. The van der Waals surface area contributed by atoms with Gasteiger partial charge in [0.05, 0.1) is 17.5 Å². The zero-order chi connectivity index (χ0) is 14.2. The minimum atomic E-state index is -0.924. The lowest BCUT2D eigenvalue weighted by atomic mass is 9.99. The molecule has 1 saturated heterocycles. The van der Waals surface area contributed by atoms with Gasteiger partial charge in [0, 0.05) is 18.2 Å². The standard InChI is InChI=1S/C12H12BrF2NO3/c1-19-11-6(3-7(14)9(13)10(11)15)8-2-5(4-16-8)12(17)18/h3,5,8,16H,2,4H2,1H3,(H,17,18). The molecule has 1 heterocycles. The van der Waals surface area contributed by atoms with Crippen molar-refractivity contribution in [1.29, 1.82) is 0 Å². The van der Waals surface area contributed by atoms with Crippen molar-refractivity contribution in [2.45, 2.75) is 12.5 Å². The van der Waals surface area contributed by atoms with Gasteiger partial charge in [0.25, 0.3) is 0 Å². The molecule has 0 radical (unpaired) electrons. The van der Waals surface area contributed by atoms with Crippen molar-refractivity contribution < 1.29 is 23.4 Å². The van der Waals surface area contributed by atoms with Gasteiger partial charge in [0.2, 0.25) is 0 Å². The van der Waals surface area contributed by atoms with Crippen molar-refractivity contribution in [3.63, 3.8) is 0 Å². The van der Waals surface area contributed by atoms with E-state index in [-0.39, 0.29) is 23.2 Å². The Morgan fingerprint density at radius 1 is 1.58 bits per heavy atom. The molecule has 0 aliphatic carbocycles. The van der Waals surface area contributed by atoms with Crippen molar-refractivity contribution in [2.24, 2.45) is 5.92 Å². The van der Waals surface area contributed by atoms with Gasteiger partial charge < -0.3 is 15.2 Å². The van der Waals surface area contributed by atoms with E-state index < -0.39 is 29.6 Å². The van der Waals surface area contributed by atoms with E-state index in [0.717, 1.165) is 6.07 Å². The Balaban J connectivity index is 2.38. The summed E-state index contributed by atoms with van der Waals surface area (Å²) in [6, 6.07) is 0.724. The fourth-order valence-electron chi connectivity index (χ4n) is 2.22. The Morgan fingerprint density at radius 3 is 2.79 bits per heavy atom. The lowest BCUT2D eigenvalue weighted by molar-refractivity contribution is -0.141.